The van der Waals surface area contributed by atoms with Gasteiger partial charge in [0.1, 0.15) is 6.33 Å². The Hall–Kier alpha value is -3.99. The lowest BCUT2D eigenvalue weighted by molar-refractivity contribution is -0.137. The second-order valence-electron chi connectivity index (χ2n) is 7.13. The van der Waals surface area contributed by atoms with Crippen LogP contribution in [0.5, 0.6) is 11.5 Å². The van der Waals surface area contributed by atoms with Gasteiger partial charge in [-0.15, -0.1) is 5.10 Å². The number of carbonyl (C=O) groups is 2. The van der Waals surface area contributed by atoms with Crippen LogP contribution in [0.1, 0.15) is 17.3 Å². The summed E-state index contributed by atoms with van der Waals surface area (Å²) in [6.07, 6.45) is 1.49. The van der Waals surface area contributed by atoms with Crippen molar-refractivity contribution in [2.75, 3.05) is 44.8 Å². The summed E-state index contributed by atoms with van der Waals surface area (Å²) in [6.45, 7) is 4.27. The number of morpholine rings is 1. The minimum Gasteiger partial charge on any atom is -0.490 e. The van der Waals surface area contributed by atoms with E-state index >= 15 is 0 Å². The molecule has 0 atom stereocenters. The molecule has 1 N–H and O–H groups in total. The highest BCUT2D eigenvalue weighted by molar-refractivity contribution is 6.04. The minimum absolute atomic E-state index is 0.112. The van der Waals surface area contributed by atoms with Gasteiger partial charge < -0.3 is 24.4 Å². The van der Waals surface area contributed by atoms with Crippen LogP contribution in [0.4, 0.5) is 5.69 Å². The van der Waals surface area contributed by atoms with Gasteiger partial charge in [0.2, 0.25) is 0 Å². The van der Waals surface area contributed by atoms with Crippen LogP contribution in [0.15, 0.2) is 48.8 Å². The van der Waals surface area contributed by atoms with Crippen molar-refractivity contribution in [3.63, 3.8) is 0 Å². The molecule has 172 valence electrons. The van der Waals surface area contributed by atoms with Gasteiger partial charge in [0.15, 0.2) is 18.1 Å². The first-order valence-electron chi connectivity index (χ1n) is 10.5. The molecule has 1 aromatic heterocycles. The highest BCUT2D eigenvalue weighted by Crippen LogP contribution is 2.29. The summed E-state index contributed by atoms with van der Waals surface area (Å²) in [7, 11) is 0. The Morgan fingerprint density at radius 2 is 1.85 bits per heavy atom. The molecule has 33 heavy (non-hydrogen) atoms. The molecule has 0 aliphatic carbocycles. The van der Waals surface area contributed by atoms with Crippen LogP contribution in [-0.4, -0.2) is 76.4 Å². The first-order chi connectivity index (χ1) is 16.1. The maximum Gasteiger partial charge on any atom is 0.260 e. The number of carbonyl (C=O) groups excluding carboxylic acids is 2. The number of nitrogens with zero attached hydrogens (tertiary/aromatic N) is 5. The van der Waals surface area contributed by atoms with E-state index < -0.39 is 0 Å². The van der Waals surface area contributed by atoms with Gasteiger partial charge in [-0.1, -0.05) is 0 Å². The van der Waals surface area contributed by atoms with E-state index in [-0.39, 0.29) is 18.4 Å². The number of aromatic nitrogens is 4. The predicted octanol–water partition coefficient (Wildman–Crippen LogP) is 1.55. The minimum atomic E-state index is -0.304. The average Bonchev–Trinajstić information content (AvgIpc) is 3.39. The van der Waals surface area contributed by atoms with Gasteiger partial charge in [-0.25, -0.2) is 4.68 Å². The molecule has 2 amide bonds. The summed E-state index contributed by atoms with van der Waals surface area (Å²) in [5, 5.41) is 13.9. The molecule has 1 fully saturated rings. The van der Waals surface area contributed by atoms with Crippen molar-refractivity contribution in [2.24, 2.45) is 0 Å². The molecule has 0 saturated carbocycles. The lowest BCUT2D eigenvalue weighted by Gasteiger charge is -2.26. The van der Waals surface area contributed by atoms with Crippen molar-refractivity contribution < 1.29 is 23.8 Å². The Labute approximate surface area is 190 Å². The second kappa shape index (κ2) is 10.6. The second-order valence-corrected chi connectivity index (χ2v) is 7.13. The van der Waals surface area contributed by atoms with Crippen molar-refractivity contribution in [3.05, 3.63) is 54.4 Å². The van der Waals surface area contributed by atoms with Crippen molar-refractivity contribution in [2.45, 2.75) is 6.92 Å². The zero-order valence-corrected chi connectivity index (χ0v) is 18.1. The molecule has 1 saturated heterocycles. The topological polar surface area (TPSA) is 121 Å². The molecule has 4 rings (SSSR count). The van der Waals surface area contributed by atoms with Gasteiger partial charge in [0.25, 0.3) is 11.8 Å². The number of hydrogen-bond acceptors (Lipinski definition) is 8. The van der Waals surface area contributed by atoms with Gasteiger partial charge in [-0.3, -0.25) is 9.59 Å². The van der Waals surface area contributed by atoms with Crippen molar-refractivity contribution in [3.8, 4) is 17.2 Å². The molecule has 0 unspecified atom stereocenters. The zero-order valence-electron chi connectivity index (χ0n) is 18.1. The monoisotopic (exact) mass is 452 g/mol. The van der Waals surface area contributed by atoms with Gasteiger partial charge in [0.05, 0.1) is 25.5 Å². The molecule has 3 aromatic rings. The molecular weight excluding hydrogens is 428 g/mol. The molecule has 1 aliphatic rings. The smallest absolute Gasteiger partial charge is 0.260 e. The first kappa shape index (κ1) is 22.2. The molecule has 0 radical (unpaired) electrons. The van der Waals surface area contributed by atoms with Crippen LogP contribution < -0.4 is 14.8 Å². The van der Waals surface area contributed by atoms with Crippen LogP contribution in [0.2, 0.25) is 0 Å². The SMILES string of the molecule is CCOc1cc(C(=O)Nc2ccc(-n3cnnn3)cc2)ccc1OCC(=O)N1CCOCC1. The Kier molecular flexibility index (Phi) is 7.10. The fourth-order valence-corrected chi connectivity index (χ4v) is 3.26. The summed E-state index contributed by atoms with van der Waals surface area (Å²) < 4.78 is 18.1. The Morgan fingerprint density at radius 3 is 2.55 bits per heavy atom. The maximum absolute atomic E-state index is 12.8. The summed E-state index contributed by atoms with van der Waals surface area (Å²) in [6, 6.07) is 12.0. The molecular formula is C22H24N6O5. The Morgan fingerprint density at radius 1 is 1.06 bits per heavy atom. The third kappa shape index (κ3) is 5.63. The lowest BCUT2D eigenvalue weighted by Crippen LogP contribution is -2.43. The van der Waals surface area contributed by atoms with E-state index in [1.54, 1.807) is 47.4 Å². The Bertz CT molecular complexity index is 1080. The van der Waals surface area contributed by atoms with E-state index in [0.717, 1.165) is 5.69 Å². The molecule has 0 spiro atoms. The number of anilines is 1. The number of rotatable bonds is 8. The highest BCUT2D eigenvalue weighted by Gasteiger charge is 2.19. The van der Waals surface area contributed by atoms with E-state index in [0.29, 0.717) is 55.7 Å². The van der Waals surface area contributed by atoms with E-state index in [1.807, 2.05) is 6.92 Å². The zero-order chi connectivity index (χ0) is 23.0. The quantitative estimate of drug-likeness (QED) is 0.547. The van der Waals surface area contributed by atoms with E-state index in [2.05, 4.69) is 20.8 Å². The van der Waals surface area contributed by atoms with Gasteiger partial charge in [-0.05, 0) is 59.8 Å². The van der Waals surface area contributed by atoms with E-state index in [9.17, 15) is 9.59 Å². The number of tetrazole rings is 1. The van der Waals surface area contributed by atoms with Gasteiger partial charge in [-0.2, -0.15) is 0 Å². The number of amides is 2. The largest absolute Gasteiger partial charge is 0.490 e. The lowest BCUT2D eigenvalue weighted by atomic mass is 10.1. The summed E-state index contributed by atoms with van der Waals surface area (Å²) in [5.41, 5.74) is 1.78. The molecule has 11 nitrogen and oxygen atoms in total. The van der Waals surface area contributed by atoms with Gasteiger partial charge >= 0.3 is 0 Å². The summed E-state index contributed by atoms with van der Waals surface area (Å²) in [5.74, 6) is 0.379. The van der Waals surface area contributed by atoms with Gasteiger partial charge in [0, 0.05) is 24.3 Å². The van der Waals surface area contributed by atoms with Crippen LogP contribution >= 0.6 is 0 Å². The molecule has 0 bridgehead atoms. The van der Waals surface area contributed by atoms with Crippen LogP contribution in [0.3, 0.4) is 0 Å². The van der Waals surface area contributed by atoms with Crippen molar-refractivity contribution >= 4 is 17.5 Å². The predicted molar refractivity (Wildman–Crippen MR) is 118 cm³/mol. The number of benzene rings is 2. The number of hydrogen-bond donors (Lipinski definition) is 1. The normalized spacial score (nSPS) is 13.4. The molecule has 2 heterocycles. The number of nitrogens with one attached hydrogen (secondary N) is 1. The highest BCUT2D eigenvalue weighted by atomic mass is 16.5. The van der Waals surface area contributed by atoms with Crippen LogP contribution in [-0.2, 0) is 9.53 Å². The molecule has 1 aliphatic heterocycles. The molecule has 11 heteroatoms. The van der Waals surface area contributed by atoms with Crippen LogP contribution in [0, 0.1) is 0 Å². The van der Waals surface area contributed by atoms with Crippen molar-refractivity contribution in [1.29, 1.82) is 0 Å². The van der Waals surface area contributed by atoms with Crippen LogP contribution in [0.25, 0.3) is 5.69 Å². The first-order valence-corrected chi connectivity index (χ1v) is 10.5. The molecule has 2 aromatic carbocycles. The third-order valence-corrected chi connectivity index (χ3v) is 4.96. The summed E-state index contributed by atoms with van der Waals surface area (Å²) in [4.78, 5) is 26.8. The third-order valence-electron chi connectivity index (χ3n) is 4.96. The Balaban J connectivity index is 1.40. The average molecular weight is 452 g/mol. The van der Waals surface area contributed by atoms with E-state index in [4.69, 9.17) is 14.2 Å². The number of ether oxygens (including phenoxy) is 3. The van der Waals surface area contributed by atoms with Crippen molar-refractivity contribution in [1.82, 2.24) is 25.1 Å². The summed E-state index contributed by atoms with van der Waals surface area (Å²) >= 11 is 0. The standard InChI is InChI=1S/C22H24N6O5/c1-2-32-20-13-16(3-8-19(20)33-14-21(29)27-9-11-31-12-10-27)22(30)24-17-4-6-18(7-5-17)28-15-23-25-26-28/h3-8,13,15H,2,9-12,14H2,1H3,(H,24,30). The maximum atomic E-state index is 12.8. The van der Waals surface area contributed by atoms with E-state index in [1.165, 1.54) is 11.0 Å². The fourth-order valence-electron chi connectivity index (χ4n) is 3.26. The fraction of sp³-hybridized carbons (Fsp3) is 0.318.